The molecule has 0 aliphatic heterocycles. The zero-order valence-corrected chi connectivity index (χ0v) is 8.43. The topological polar surface area (TPSA) is 46.4 Å². The minimum Gasteiger partial charge on any atom is -0.308 e. The fourth-order valence-corrected chi connectivity index (χ4v) is 1.46. The molecule has 4 nitrogen and oxygen atoms in total. The van der Waals surface area contributed by atoms with Gasteiger partial charge in [-0.2, -0.15) is 0 Å². The summed E-state index contributed by atoms with van der Waals surface area (Å²) in [7, 11) is 3.78. The molecule has 1 aliphatic carbocycles. The lowest BCUT2D eigenvalue weighted by molar-refractivity contribution is -0.432. The smallest absolute Gasteiger partial charge is 0.254 e. The number of nitrogens with zero attached hydrogens (tertiary/aromatic N) is 2. The summed E-state index contributed by atoms with van der Waals surface area (Å²) in [5.74, 6) is -0.190. The van der Waals surface area contributed by atoms with E-state index in [1.54, 1.807) is 12.2 Å². The van der Waals surface area contributed by atoms with Gasteiger partial charge in [-0.05, 0) is 19.7 Å². The zero-order chi connectivity index (χ0) is 10.7. The highest BCUT2D eigenvalue weighted by Gasteiger charge is 2.28. The summed E-state index contributed by atoms with van der Waals surface area (Å²) >= 11 is 0. The average Bonchev–Trinajstić information content (AvgIpc) is 2.07. The van der Waals surface area contributed by atoms with Gasteiger partial charge < -0.3 is 4.90 Å². The predicted molar refractivity (Wildman–Crippen MR) is 55.4 cm³/mol. The number of nitro groups is 1. The Morgan fingerprint density at radius 1 is 1.64 bits per heavy atom. The van der Waals surface area contributed by atoms with Gasteiger partial charge in [-0.1, -0.05) is 18.7 Å². The summed E-state index contributed by atoms with van der Waals surface area (Å²) in [4.78, 5) is 12.3. The number of rotatable bonds is 3. The van der Waals surface area contributed by atoms with Crippen LogP contribution in [0.2, 0.25) is 0 Å². The molecule has 0 N–H and O–H groups in total. The lowest BCUT2D eigenvalue weighted by Gasteiger charge is -2.20. The molecule has 0 radical (unpaired) electrons. The van der Waals surface area contributed by atoms with E-state index in [4.69, 9.17) is 0 Å². The Kier molecular flexibility index (Phi) is 3.19. The van der Waals surface area contributed by atoms with Crippen molar-refractivity contribution in [2.45, 2.75) is 0 Å². The number of hydrogen-bond donors (Lipinski definition) is 0. The molecule has 0 aromatic carbocycles. The van der Waals surface area contributed by atoms with Gasteiger partial charge in [-0.3, -0.25) is 10.1 Å². The first-order valence-corrected chi connectivity index (χ1v) is 4.38. The van der Waals surface area contributed by atoms with Gasteiger partial charge in [0.15, 0.2) is 0 Å². The van der Waals surface area contributed by atoms with Crippen molar-refractivity contribution >= 4 is 0 Å². The molecule has 1 rings (SSSR count). The van der Waals surface area contributed by atoms with Crippen molar-refractivity contribution in [2.75, 3.05) is 20.6 Å². The maximum atomic E-state index is 10.7. The molecule has 0 aromatic heterocycles. The highest BCUT2D eigenvalue weighted by atomic mass is 16.6. The first-order chi connectivity index (χ1) is 6.52. The van der Waals surface area contributed by atoms with Crippen LogP contribution in [0.15, 0.2) is 36.1 Å². The van der Waals surface area contributed by atoms with Gasteiger partial charge in [0, 0.05) is 12.6 Å². The van der Waals surface area contributed by atoms with Gasteiger partial charge in [0.25, 0.3) is 5.70 Å². The van der Waals surface area contributed by atoms with Crippen molar-refractivity contribution in [3.8, 4) is 0 Å². The molecule has 0 saturated heterocycles. The summed E-state index contributed by atoms with van der Waals surface area (Å²) < 4.78 is 0. The van der Waals surface area contributed by atoms with Crippen LogP contribution in [0, 0.1) is 16.0 Å². The van der Waals surface area contributed by atoms with Crippen LogP contribution in [0.25, 0.3) is 0 Å². The van der Waals surface area contributed by atoms with Crippen molar-refractivity contribution in [1.29, 1.82) is 0 Å². The van der Waals surface area contributed by atoms with E-state index in [2.05, 4.69) is 6.58 Å². The standard InChI is InChI=1S/C10H14N2O2/c1-8-5-4-6-10(12(13)14)9(8)7-11(2)3/h4-6,9H,1,7H2,2-3H3. The van der Waals surface area contributed by atoms with Crippen LogP contribution in [-0.2, 0) is 0 Å². The Labute approximate surface area is 83.4 Å². The first kappa shape index (κ1) is 10.7. The van der Waals surface area contributed by atoms with Crippen molar-refractivity contribution in [2.24, 2.45) is 5.92 Å². The Morgan fingerprint density at radius 2 is 2.29 bits per heavy atom. The van der Waals surface area contributed by atoms with Gasteiger partial charge in [0.2, 0.25) is 0 Å². The zero-order valence-electron chi connectivity index (χ0n) is 8.43. The van der Waals surface area contributed by atoms with Gasteiger partial charge in [-0.15, -0.1) is 0 Å². The summed E-state index contributed by atoms with van der Waals surface area (Å²) in [5.41, 5.74) is 1.03. The van der Waals surface area contributed by atoms with Gasteiger partial charge in [-0.25, -0.2) is 0 Å². The van der Waals surface area contributed by atoms with Crippen molar-refractivity contribution in [1.82, 2.24) is 4.90 Å². The largest absolute Gasteiger partial charge is 0.308 e. The molecule has 1 unspecified atom stereocenters. The highest BCUT2D eigenvalue weighted by Crippen LogP contribution is 2.25. The Balaban J connectivity index is 2.88. The highest BCUT2D eigenvalue weighted by molar-refractivity contribution is 5.33. The SMILES string of the molecule is C=C1C=CC=C([N+](=O)[O-])C1CN(C)C. The van der Waals surface area contributed by atoms with E-state index < -0.39 is 0 Å². The molecule has 0 saturated carbocycles. The van der Waals surface area contributed by atoms with Gasteiger partial charge >= 0.3 is 0 Å². The van der Waals surface area contributed by atoms with E-state index >= 15 is 0 Å². The van der Waals surface area contributed by atoms with Gasteiger partial charge in [0.1, 0.15) is 0 Å². The molecule has 0 aromatic rings. The van der Waals surface area contributed by atoms with Crippen LogP contribution >= 0.6 is 0 Å². The van der Waals surface area contributed by atoms with E-state index in [0.29, 0.717) is 6.54 Å². The van der Waals surface area contributed by atoms with E-state index in [0.717, 1.165) is 5.57 Å². The third-order valence-corrected chi connectivity index (χ3v) is 2.14. The van der Waals surface area contributed by atoms with Crippen molar-refractivity contribution in [3.63, 3.8) is 0 Å². The molecular formula is C10H14N2O2. The minimum absolute atomic E-state index is 0.190. The van der Waals surface area contributed by atoms with E-state index in [-0.39, 0.29) is 16.5 Å². The molecule has 0 heterocycles. The van der Waals surface area contributed by atoms with Crippen LogP contribution < -0.4 is 0 Å². The molecule has 0 spiro atoms. The fraction of sp³-hybridized carbons (Fsp3) is 0.400. The lowest BCUT2D eigenvalue weighted by Crippen LogP contribution is -2.27. The van der Waals surface area contributed by atoms with Crippen LogP contribution in [0.3, 0.4) is 0 Å². The lowest BCUT2D eigenvalue weighted by atomic mass is 9.92. The molecule has 14 heavy (non-hydrogen) atoms. The van der Waals surface area contributed by atoms with Crippen molar-refractivity contribution < 1.29 is 4.92 Å². The maximum absolute atomic E-state index is 10.7. The summed E-state index contributed by atoms with van der Waals surface area (Å²) in [5, 5.41) is 10.7. The number of hydrogen-bond acceptors (Lipinski definition) is 3. The summed E-state index contributed by atoms with van der Waals surface area (Å²) in [6.07, 6.45) is 5.04. The summed E-state index contributed by atoms with van der Waals surface area (Å²) in [6, 6.07) is 0. The Hall–Kier alpha value is -1.42. The normalized spacial score (nSPS) is 21.2. The van der Waals surface area contributed by atoms with Gasteiger partial charge in [0.05, 0.1) is 10.8 Å². The third kappa shape index (κ3) is 2.29. The quantitative estimate of drug-likeness (QED) is 0.504. The Morgan fingerprint density at radius 3 is 2.79 bits per heavy atom. The summed E-state index contributed by atoms with van der Waals surface area (Å²) in [6.45, 7) is 4.44. The molecule has 4 heteroatoms. The second-order valence-corrected chi connectivity index (χ2v) is 3.60. The van der Waals surface area contributed by atoms with Crippen LogP contribution in [0.5, 0.6) is 0 Å². The molecule has 76 valence electrons. The first-order valence-electron chi connectivity index (χ1n) is 4.38. The molecular weight excluding hydrogens is 180 g/mol. The second kappa shape index (κ2) is 4.19. The van der Waals surface area contributed by atoms with Crippen LogP contribution in [0.1, 0.15) is 0 Å². The average molecular weight is 194 g/mol. The second-order valence-electron chi connectivity index (χ2n) is 3.60. The predicted octanol–water partition coefficient (Wildman–Crippen LogP) is 1.45. The van der Waals surface area contributed by atoms with Crippen LogP contribution in [0.4, 0.5) is 0 Å². The van der Waals surface area contributed by atoms with Crippen LogP contribution in [-0.4, -0.2) is 30.5 Å². The molecule has 0 amide bonds. The maximum Gasteiger partial charge on any atom is 0.254 e. The molecule has 1 atom stereocenters. The molecule has 0 fully saturated rings. The minimum atomic E-state index is -0.331. The van der Waals surface area contributed by atoms with E-state index in [9.17, 15) is 10.1 Å². The third-order valence-electron chi connectivity index (χ3n) is 2.14. The number of allylic oxidation sites excluding steroid dienone is 3. The Bertz CT molecular complexity index is 316. The van der Waals surface area contributed by atoms with Crippen molar-refractivity contribution in [3.05, 3.63) is 46.2 Å². The molecule has 1 aliphatic rings. The van der Waals surface area contributed by atoms with E-state index in [1.807, 2.05) is 25.1 Å². The monoisotopic (exact) mass is 194 g/mol. The fourth-order valence-electron chi connectivity index (χ4n) is 1.46. The molecule has 0 bridgehead atoms. The van der Waals surface area contributed by atoms with E-state index in [1.165, 1.54) is 0 Å².